The van der Waals surface area contributed by atoms with Crippen molar-refractivity contribution in [1.82, 2.24) is 0 Å². The average Bonchev–Trinajstić information content (AvgIpc) is 2.35. The molecule has 1 rings (SSSR count). The third-order valence-electron chi connectivity index (χ3n) is 2.30. The number of nitrogens with one attached hydrogen (secondary N) is 1. The molecular weight excluding hydrogens is 284 g/mol. The second-order valence-electron chi connectivity index (χ2n) is 4.32. The van der Waals surface area contributed by atoms with Gasteiger partial charge in [-0.25, -0.2) is 13.6 Å². The zero-order chi connectivity index (χ0) is 15.3. The Labute approximate surface area is 118 Å². The number of sulfonamides is 1. The molecule has 0 aliphatic rings. The lowest BCUT2D eigenvalue weighted by atomic mass is 10.3. The normalized spacial score (nSPS) is 11.4. The summed E-state index contributed by atoms with van der Waals surface area (Å²) in [5, 5.41) is 7.61. The van der Waals surface area contributed by atoms with Gasteiger partial charge in [0.05, 0.1) is 13.2 Å². The van der Waals surface area contributed by atoms with Crippen LogP contribution >= 0.6 is 0 Å². The van der Waals surface area contributed by atoms with Gasteiger partial charge in [-0.3, -0.25) is 4.79 Å². The number of amides is 1. The first-order valence-electron chi connectivity index (χ1n) is 5.86. The van der Waals surface area contributed by atoms with Crippen molar-refractivity contribution in [3.05, 3.63) is 18.2 Å². The van der Waals surface area contributed by atoms with E-state index in [0.29, 0.717) is 5.69 Å². The Morgan fingerprint density at radius 2 is 2.05 bits per heavy atom. The molecule has 0 aromatic heterocycles. The van der Waals surface area contributed by atoms with Crippen molar-refractivity contribution in [1.29, 1.82) is 0 Å². The van der Waals surface area contributed by atoms with Gasteiger partial charge in [-0.2, -0.15) is 0 Å². The second kappa shape index (κ2) is 6.69. The Morgan fingerprint density at radius 3 is 2.55 bits per heavy atom. The minimum Gasteiger partial charge on any atom is -0.495 e. The summed E-state index contributed by atoms with van der Waals surface area (Å²) in [5.74, 6) is -0.270. The number of carbonyl (C=O) groups is 1. The molecular formula is C12H18N2O5S. The summed E-state index contributed by atoms with van der Waals surface area (Å²) in [6, 6.07) is 4.17. The smallest absolute Gasteiger partial charge is 0.250 e. The molecule has 0 aliphatic carbocycles. The van der Waals surface area contributed by atoms with E-state index in [0.717, 1.165) is 0 Å². The van der Waals surface area contributed by atoms with Gasteiger partial charge in [0, 0.05) is 5.69 Å². The summed E-state index contributed by atoms with van der Waals surface area (Å²) in [7, 11) is -2.61. The lowest BCUT2D eigenvalue weighted by Crippen LogP contribution is -2.21. The fourth-order valence-corrected chi connectivity index (χ4v) is 2.14. The largest absolute Gasteiger partial charge is 0.495 e. The first-order valence-corrected chi connectivity index (χ1v) is 7.41. The van der Waals surface area contributed by atoms with E-state index in [9.17, 15) is 13.2 Å². The van der Waals surface area contributed by atoms with Crippen LogP contribution in [-0.2, 0) is 19.6 Å². The van der Waals surface area contributed by atoms with Crippen LogP contribution in [0.1, 0.15) is 13.8 Å². The Bertz CT molecular complexity index is 584. The van der Waals surface area contributed by atoms with Crippen molar-refractivity contribution in [2.75, 3.05) is 19.0 Å². The Hall–Kier alpha value is -1.64. The average molecular weight is 302 g/mol. The second-order valence-corrected chi connectivity index (χ2v) is 5.85. The van der Waals surface area contributed by atoms with E-state index in [2.05, 4.69) is 5.32 Å². The molecule has 0 heterocycles. The van der Waals surface area contributed by atoms with Crippen LogP contribution < -0.4 is 15.2 Å². The van der Waals surface area contributed by atoms with Gasteiger partial charge >= 0.3 is 0 Å². The van der Waals surface area contributed by atoms with Crippen molar-refractivity contribution < 1.29 is 22.7 Å². The number of ether oxygens (including phenoxy) is 2. The van der Waals surface area contributed by atoms with Crippen molar-refractivity contribution in [2.24, 2.45) is 5.14 Å². The van der Waals surface area contributed by atoms with Gasteiger partial charge in [0.15, 0.2) is 0 Å². The Balaban J connectivity index is 2.90. The van der Waals surface area contributed by atoms with Crippen LogP contribution in [0.15, 0.2) is 23.1 Å². The number of methoxy groups -OCH3 is 1. The van der Waals surface area contributed by atoms with Gasteiger partial charge in [-0.15, -0.1) is 0 Å². The highest BCUT2D eigenvalue weighted by Gasteiger charge is 2.16. The van der Waals surface area contributed by atoms with E-state index in [1.165, 1.54) is 25.3 Å². The summed E-state index contributed by atoms with van der Waals surface area (Å²) in [6.07, 6.45) is -0.0726. The number of nitrogens with two attached hydrogens (primary N) is 1. The molecule has 0 fully saturated rings. The molecule has 7 nitrogen and oxygen atoms in total. The number of primary sulfonamides is 1. The highest BCUT2D eigenvalue weighted by atomic mass is 32.2. The number of hydrogen-bond acceptors (Lipinski definition) is 5. The monoisotopic (exact) mass is 302 g/mol. The van der Waals surface area contributed by atoms with Crippen molar-refractivity contribution in [2.45, 2.75) is 24.8 Å². The van der Waals surface area contributed by atoms with E-state index in [-0.39, 0.29) is 29.3 Å². The lowest BCUT2D eigenvalue weighted by Gasteiger charge is -2.11. The third kappa shape index (κ3) is 4.80. The molecule has 0 aliphatic heterocycles. The first kappa shape index (κ1) is 16.4. The minimum atomic E-state index is -3.94. The van der Waals surface area contributed by atoms with E-state index >= 15 is 0 Å². The molecule has 20 heavy (non-hydrogen) atoms. The zero-order valence-corrected chi connectivity index (χ0v) is 12.4. The molecule has 0 radical (unpaired) electrons. The summed E-state index contributed by atoms with van der Waals surface area (Å²) >= 11 is 0. The summed E-state index contributed by atoms with van der Waals surface area (Å²) in [5.41, 5.74) is 0.298. The number of anilines is 1. The van der Waals surface area contributed by atoms with Gasteiger partial charge < -0.3 is 14.8 Å². The highest BCUT2D eigenvalue weighted by Crippen LogP contribution is 2.25. The fourth-order valence-electron chi connectivity index (χ4n) is 1.42. The molecule has 0 unspecified atom stereocenters. The number of rotatable bonds is 6. The molecule has 0 spiro atoms. The van der Waals surface area contributed by atoms with Crippen LogP contribution in [0.25, 0.3) is 0 Å². The van der Waals surface area contributed by atoms with E-state index in [1.807, 2.05) is 0 Å². The van der Waals surface area contributed by atoms with Crippen molar-refractivity contribution >= 4 is 21.6 Å². The van der Waals surface area contributed by atoms with Gasteiger partial charge in [0.25, 0.3) is 0 Å². The standard InChI is InChI=1S/C12H18N2O5S/c1-8(2)19-7-12(15)14-9-4-5-10(18-3)11(6-9)20(13,16)17/h4-6,8H,7H2,1-3H3,(H,14,15)(H2,13,16,17). The van der Waals surface area contributed by atoms with Crippen LogP contribution in [0.4, 0.5) is 5.69 Å². The fraction of sp³-hybridized carbons (Fsp3) is 0.417. The lowest BCUT2D eigenvalue weighted by molar-refractivity contribution is -0.121. The van der Waals surface area contributed by atoms with E-state index < -0.39 is 10.0 Å². The van der Waals surface area contributed by atoms with Crippen LogP contribution in [-0.4, -0.2) is 34.1 Å². The Kier molecular flexibility index (Phi) is 5.49. The SMILES string of the molecule is COc1ccc(NC(=O)COC(C)C)cc1S(N)(=O)=O. The van der Waals surface area contributed by atoms with Crippen LogP contribution in [0.2, 0.25) is 0 Å². The quantitative estimate of drug-likeness (QED) is 0.804. The van der Waals surface area contributed by atoms with Crippen LogP contribution in [0, 0.1) is 0 Å². The molecule has 112 valence electrons. The van der Waals surface area contributed by atoms with Gasteiger partial charge in [0.1, 0.15) is 17.3 Å². The molecule has 1 aromatic rings. The maximum atomic E-state index is 11.6. The first-order chi connectivity index (χ1) is 9.24. The zero-order valence-electron chi connectivity index (χ0n) is 11.5. The van der Waals surface area contributed by atoms with Gasteiger partial charge in [-0.1, -0.05) is 0 Å². The summed E-state index contributed by atoms with van der Waals surface area (Å²) < 4.78 is 32.9. The van der Waals surface area contributed by atoms with Gasteiger partial charge in [-0.05, 0) is 32.0 Å². The van der Waals surface area contributed by atoms with Crippen molar-refractivity contribution in [3.8, 4) is 5.75 Å². The highest BCUT2D eigenvalue weighted by molar-refractivity contribution is 7.89. The molecule has 1 aromatic carbocycles. The summed E-state index contributed by atoms with van der Waals surface area (Å²) in [6.45, 7) is 3.49. The molecule has 0 saturated heterocycles. The maximum Gasteiger partial charge on any atom is 0.250 e. The van der Waals surface area contributed by atoms with Gasteiger partial charge in [0.2, 0.25) is 15.9 Å². The minimum absolute atomic E-state index is 0.0726. The van der Waals surface area contributed by atoms with Crippen LogP contribution in [0.3, 0.4) is 0 Å². The molecule has 1 amide bonds. The molecule has 8 heteroatoms. The molecule has 0 saturated carbocycles. The number of carbonyl (C=O) groups excluding carboxylic acids is 1. The topological polar surface area (TPSA) is 108 Å². The van der Waals surface area contributed by atoms with Crippen molar-refractivity contribution in [3.63, 3.8) is 0 Å². The third-order valence-corrected chi connectivity index (χ3v) is 3.23. The maximum absolute atomic E-state index is 11.6. The molecule has 3 N–H and O–H groups in total. The molecule has 0 bridgehead atoms. The van der Waals surface area contributed by atoms with Crippen LogP contribution in [0.5, 0.6) is 5.75 Å². The predicted octanol–water partition coefficient (Wildman–Crippen LogP) is 0.706. The predicted molar refractivity (Wildman–Crippen MR) is 74.1 cm³/mol. The number of benzene rings is 1. The molecule has 0 atom stereocenters. The van der Waals surface area contributed by atoms with E-state index in [4.69, 9.17) is 14.6 Å². The number of hydrogen-bond donors (Lipinski definition) is 2. The summed E-state index contributed by atoms with van der Waals surface area (Å²) in [4.78, 5) is 11.4. The van der Waals surface area contributed by atoms with E-state index in [1.54, 1.807) is 13.8 Å². The Morgan fingerprint density at radius 1 is 1.40 bits per heavy atom.